The minimum Gasteiger partial charge on any atom is -0.399 e. The molecule has 0 saturated heterocycles. The average Bonchev–Trinajstić information content (AvgIpc) is 2.73. The van der Waals surface area contributed by atoms with Crippen LogP contribution in [0.25, 0.3) is 11.1 Å². The van der Waals surface area contributed by atoms with Gasteiger partial charge in [-0.15, -0.1) is 0 Å². The molecule has 0 atom stereocenters. The van der Waals surface area contributed by atoms with Crippen molar-refractivity contribution >= 4 is 17.3 Å². The summed E-state index contributed by atoms with van der Waals surface area (Å²) in [5.41, 5.74) is 4.69. The van der Waals surface area contributed by atoms with Crippen LogP contribution in [0.15, 0.2) is 60.7 Å². The van der Waals surface area contributed by atoms with E-state index in [2.05, 4.69) is 5.32 Å². The molecule has 0 saturated carbocycles. The zero-order chi connectivity index (χ0) is 26.2. The van der Waals surface area contributed by atoms with Gasteiger partial charge in [0.2, 0.25) is 5.91 Å². The standard InChI is InChI=1S/C26H24F6N2O/c1-15-6-4-5-7-20(15)21-9-8-19(33)13-22(21)34-23(35)24(2,3)14-16-10-17(25(27,28)29)12-18(11-16)26(30,31)32/h4-13H,14,33H2,1-3H3,(H,34,35). The Bertz CT molecular complexity index is 1210. The van der Waals surface area contributed by atoms with Crippen molar-refractivity contribution in [1.29, 1.82) is 0 Å². The summed E-state index contributed by atoms with van der Waals surface area (Å²) in [4.78, 5) is 13.2. The summed E-state index contributed by atoms with van der Waals surface area (Å²) in [6.07, 6.45) is -10.3. The molecule has 0 unspecified atom stereocenters. The molecule has 1 amide bonds. The van der Waals surface area contributed by atoms with Crippen molar-refractivity contribution in [2.45, 2.75) is 39.5 Å². The highest BCUT2D eigenvalue weighted by Crippen LogP contribution is 2.38. The number of benzene rings is 3. The van der Waals surface area contributed by atoms with E-state index in [0.29, 0.717) is 29.1 Å². The zero-order valence-corrected chi connectivity index (χ0v) is 19.2. The number of carbonyl (C=O) groups is 1. The number of nitrogens with two attached hydrogens (primary N) is 1. The van der Waals surface area contributed by atoms with Crippen LogP contribution in [0.5, 0.6) is 0 Å². The molecule has 3 aromatic rings. The second-order valence-electron chi connectivity index (χ2n) is 9.05. The molecule has 0 aromatic heterocycles. The Kier molecular flexibility index (Phi) is 6.93. The molecule has 9 heteroatoms. The van der Waals surface area contributed by atoms with Crippen LogP contribution in [-0.2, 0) is 23.6 Å². The molecule has 0 aliphatic carbocycles. The van der Waals surface area contributed by atoms with Crippen molar-refractivity contribution in [3.63, 3.8) is 0 Å². The van der Waals surface area contributed by atoms with Crippen molar-refractivity contribution in [1.82, 2.24) is 0 Å². The third-order valence-corrected chi connectivity index (χ3v) is 5.64. The maximum absolute atomic E-state index is 13.2. The molecule has 0 aliphatic heterocycles. The normalized spacial score (nSPS) is 12.5. The summed E-state index contributed by atoms with van der Waals surface area (Å²) in [5, 5.41) is 2.76. The molecule has 3 N–H and O–H groups in total. The van der Waals surface area contributed by atoms with Crippen LogP contribution >= 0.6 is 0 Å². The van der Waals surface area contributed by atoms with E-state index < -0.39 is 34.8 Å². The molecule has 0 radical (unpaired) electrons. The summed E-state index contributed by atoms with van der Waals surface area (Å²) in [7, 11) is 0. The minimum atomic E-state index is -4.97. The van der Waals surface area contributed by atoms with E-state index in [9.17, 15) is 31.1 Å². The lowest BCUT2D eigenvalue weighted by Gasteiger charge is -2.26. The largest absolute Gasteiger partial charge is 0.416 e. The predicted octanol–water partition coefficient (Wildman–Crippen LogP) is 7.49. The van der Waals surface area contributed by atoms with Gasteiger partial charge in [0.25, 0.3) is 0 Å². The number of carbonyl (C=O) groups excluding carboxylic acids is 1. The lowest BCUT2D eigenvalue weighted by molar-refractivity contribution is -0.143. The molecule has 0 bridgehead atoms. The summed E-state index contributed by atoms with van der Waals surface area (Å²) in [6.45, 7) is 4.80. The van der Waals surface area contributed by atoms with Crippen LogP contribution < -0.4 is 11.1 Å². The number of hydrogen-bond donors (Lipinski definition) is 2. The van der Waals surface area contributed by atoms with Gasteiger partial charge in [0.15, 0.2) is 0 Å². The van der Waals surface area contributed by atoms with E-state index >= 15 is 0 Å². The first-order chi connectivity index (χ1) is 16.1. The number of halogens is 6. The number of nitrogen functional groups attached to an aromatic ring is 1. The molecule has 3 aromatic carbocycles. The summed E-state index contributed by atoms with van der Waals surface area (Å²) in [6, 6.07) is 13.8. The lowest BCUT2D eigenvalue weighted by Crippen LogP contribution is -2.33. The number of rotatable bonds is 5. The Morgan fingerprint density at radius 1 is 0.829 bits per heavy atom. The number of amides is 1. The Morgan fingerprint density at radius 3 is 1.94 bits per heavy atom. The van der Waals surface area contributed by atoms with E-state index in [1.165, 1.54) is 13.8 Å². The minimum absolute atomic E-state index is 0.0672. The van der Waals surface area contributed by atoms with Gasteiger partial charge in [0, 0.05) is 16.7 Å². The number of nitrogens with one attached hydrogen (secondary N) is 1. The number of anilines is 2. The number of hydrogen-bond acceptors (Lipinski definition) is 2. The third-order valence-electron chi connectivity index (χ3n) is 5.64. The lowest BCUT2D eigenvalue weighted by atomic mass is 9.83. The zero-order valence-electron chi connectivity index (χ0n) is 19.2. The number of aryl methyl sites for hydroxylation is 1. The SMILES string of the molecule is Cc1ccccc1-c1ccc(N)cc1NC(=O)C(C)(C)Cc1cc(C(F)(F)F)cc(C(F)(F)F)c1. The van der Waals surface area contributed by atoms with Gasteiger partial charge in [-0.25, -0.2) is 0 Å². The topological polar surface area (TPSA) is 55.1 Å². The maximum Gasteiger partial charge on any atom is 0.416 e. The fourth-order valence-electron chi connectivity index (χ4n) is 3.78. The highest BCUT2D eigenvalue weighted by atomic mass is 19.4. The van der Waals surface area contributed by atoms with Crippen molar-refractivity contribution < 1.29 is 31.1 Å². The third kappa shape index (κ3) is 6.15. The van der Waals surface area contributed by atoms with Gasteiger partial charge in [-0.1, -0.05) is 44.2 Å². The maximum atomic E-state index is 13.2. The molecular weight excluding hydrogens is 470 g/mol. The van der Waals surface area contributed by atoms with Crippen molar-refractivity contribution in [3.8, 4) is 11.1 Å². The van der Waals surface area contributed by atoms with Crippen molar-refractivity contribution in [2.24, 2.45) is 5.41 Å². The fraction of sp³-hybridized carbons (Fsp3) is 0.269. The Balaban J connectivity index is 1.95. The molecule has 0 aliphatic rings. The van der Waals surface area contributed by atoms with E-state index in [0.717, 1.165) is 11.1 Å². The first kappa shape index (κ1) is 26.1. The van der Waals surface area contributed by atoms with Crippen LogP contribution in [0.1, 0.15) is 36.1 Å². The second kappa shape index (κ2) is 9.28. The van der Waals surface area contributed by atoms with Crippen LogP contribution in [-0.4, -0.2) is 5.91 Å². The average molecular weight is 494 g/mol. The van der Waals surface area contributed by atoms with Gasteiger partial charge >= 0.3 is 12.4 Å². The Morgan fingerprint density at radius 2 is 1.40 bits per heavy atom. The summed E-state index contributed by atoms with van der Waals surface area (Å²) < 4.78 is 79.4. The molecule has 0 fully saturated rings. The predicted molar refractivity (Wildman–Crippen MR) is 124 cm³/mol. The van der Waals surface area contributed by atoms with Gasteiger partial charge < -0.3 is 11.1 Å². The summed E-state index contributed by atoms with van der Waals surface area (Å²) >= 11 is 0. The van der Waals surface area contributed by atoms with Gasteiger partial charge in [-0.2, -0.15) is 26.3 Å². The van der Waals surface area contributed by atoms with Gasteiger partial charge in [0.1, 0.15) is 0 Å². The van der Waals surface area contributed by atoms with Crippen LogP contribution in [0.4, 0.5) is 37.7 Å². The van der Waals surface area contributed by atoms with Crippen molar-refractivity contribution in [3.05, 3.63) is 82.9 Å². The quantitative estimate of drug-likeness (QED) is 0.285. The molecule has 35 heavy (non-hydrogen) atoms. The second-order valence-corrected chi connectivity index (χ2v) is 9.05. The molecule has 3 nitrogen and oxygen atoms in total. The van der Waals surface area contributed by atoms with E-state index in [4.69, 9.17) is 5.73 Å². The van der Waals surface area contributed by atoms with Crippen LogP contribution in [0, 0.1) is 12.3 Å². The van der Waals surface area contributed by atoms with Gasteiger partial charge in [0.05, 0.1) is 16.8 Å². The first-order valence-electron chi connectivity index (χ1n) is 10.6. The molecule has 186 valence electrons. The van der Waals surface area contributed by atoms with E-state index in [1.807, 2.05) is 31.2 Å². The van der Waals surface area contributed by atoms with Crippen LogP contribution in [0.3, 0.4) is 0 Å². The highest BCUT2D eigenvalue weighted by molar-refractivity contribution is 5.99. The Hall–Kier alpha value is -3.49. The smallest absolute Gasteiger partial charge is 0.399 e. The molecular formula is C26H24F6N2O. The number of alkyl halides is 6. The monoisotopic (exact) mass is 494 g/mol. The highest BCUT2D eigenvalue weighted by Gasteiger charge is 2.38. The van der Waals surface area contributed by atoms with E-state index in [1.54, 1.807) is 18.2 Å². The van der Waals surface area contributed by atoms with Crippen LogP contribution in [0.2, 0.25) is 0 Å². The fourth-order valence-corrected chi connectivity index (χ4v) is 3.78. The van der Waals surface area contributed by atoms with Crippen molar-refractivity contribution in [2.75, 3.05) is 11.1 Å². The molecule has 0 spiro atoms. The first-order valence-corrected chi connectivity index (χ1v) is 10.6. The van der Waals surface area contributed by atoms with Gasteiger partial charge in [-0.3, -0.25) is 4.79 Å². The molecule has 0 heterocycles. The van der Waals surface area contributed by atoms with E-state index in [-0.39, 0.29) is 18.1 Å². The Labute approximate surface area is 199 Å². The molecule has 3 rings (SSSR count). The summed E-state index contributed by atoms with van der Waals surface area (Å²) in [5.74, 6) is -0.580. The van der Waals surface area contributed by atoms with Gasteiger partial charge in [-0.05, 0) is 60.4 Å².